The van der Waals surface area contributed by atoms with Crippen LogP contribution in [-0.2, 0) is 11.3 Å². The van der Waals surface area contributed by atoms with E-state index in [0.29, 0.717) is 24.1 Å². The smallest absolute Gasteiger partial charge is 0.269 e. The number of nitro benzene ring substituents is 1. The summed E-state index contributed by atoms with van der Waals surface area (Å²) in [4.78, 5) is 29.3. The Morgan fingerprint density at radius 3 is 2.35 bits per heavy atom. The highest BCUT2D eigenvalue weighted by molar-refractivity contribution is 14.0. The minimum Gasteiger partial charge on any atom is -0.356 e. The van der Waals surface area contributed by atoms with Crippen molar-refractivity contribution in [2.75, 3.05) is 32.9 Å². The molecule has 31 heavy (non-hydrogen) atoms. The van der Waals surface area contributed by atoms with Gasteiger partial charge in [-0.25, -0.2) is 4.99 Å². The van der Waals surface area contributed by atoms with Crippen LogP contribution in [0.1, 0.15) is 5.56 Å². The highest BCUT2D eigenvalue weighted by Gasteiger charge is 2.07. The second kappa shape index (κ2) is 14.1. The molecule has 11 heteroatoms. The van der Waals surface area contributed by atoms with Crippen molar-refractivity contribution in [3.63, 3.8) is 0 Å². The van der Waals surface area contributed by atoms with E-state index < -0.39 is 4.92 Å². The van der Waals surface area contributed by atoms with Crippen LogP contribution in [-0.4, -0.2) is 54.6 Å². The predicted molar refractivity (Wildman–Crippen MR) is 137 cm³/mol. The fourth-order valence-electron chi connectivity index (χ4n) is 2.25. The predicted octanol–water partition coefficient (Wildman–Crippen LogP) is 3.78. The number of rotatable bonds is 9. The van der Waals surface area contributed by atoms with E-state index in [9.17, 15) is 14.9 Å². The summed E-state index contributed by atoms with van der Waals surface area (Å²) in [5.41, 5.74) is 0.867. The molecule has 0 aliphatic carbocycles. The number of nitro groups is 1. The van der Waals surface area contributed by atoms with Crippen LogP contribution in [0.15, 0.2) is 58.4 Å². The molecule has 0 aliphatic heterocycles. The third-order valence-corrected chi connectivity index (χ3v) is 5.22. The van der Waals surface area contributed by atoms with Gasteiger partial charge in [-0.2, -0.15) is 0 Å². The van der Waals surface area contributed by atoms with E-state index in [-0.39, 0.29) is 42.1 Å². The summed E-state index contributed by atoms with van der Waals surface area (Å²) >= 11 is 7.57. The Morgan fingerprint density at radius 1 is 1.13 bits per heavy atom. The lowest BCUT2D eigenvalue weighted by Crippen LogP contribution is -2.43. The first kappa shape index (κ1) is 27.0. The first-order chi connectivity index (χ1) is 14.3. The van der Waals surface area contributed by atoms with E-state index in [4.69, 9.17) is 11.6 Å². The van der Waals surface area contributed by atoms with Crippen LogP contribution in [0.3, 0.4) is 0 Å². The first-order valence-electron chi connectivity index (χ1n) is 9.19. The SMILES string of the molecule is CN(C)C(=O)CNC(=NCc1ccc([N+](=O)[O-])cc1)NCCSc1ccc(Cl)cc1.I. The summed E-state index contributed by atoms with van der Waals surface area (Å²) in [5, 5.41) is 17.7. The Morgan fingerprint density at radius 2 is 1.77 bits per heavy atom. The number of carbonyl (C=O) groups is 1. The topological polar surface area (TPSA) is 99.9 Å². The molecule has 1 amide bonds. The van der Waals surface area contributed by atoms with Gasteiger partial charge in [0.15, 0.2) is 5.96 Å². The lowest BCUT2D eigenvalue weighted by atomic mass is 10.2. The van der Waals surface area contributed by atoms with Crippen LogP contribution in [0.2, 0.25) is 5.02 Å². The van der Waals surface area contributed by atoms with E-state index in [2.05, 4.69) is 15.6 Å². The number of nitrogens with one attached hydrogen (secondary N) is 2. The van der Waals surface area contributed by atoms with E-state index in [0.717, 1.165) is 16.2 Å². The van der Waals surface area contributed by atoms with E-state index >= 15 is 0 Å². The van der Waals surface area contributed by atoms with Gasteiger partial charge in [0.25, 0.3) is 5.69 Å². The summed E-state index contributed by atoms with van der Waals surface area (Å²) in [5.74, 6) is 1.22. The molecule has 0 heterocycles. The number of aliphatic imine (C=N–C) groups is 1. The Hall–Kier alpha value is -2.05. The fraction of sp³-hybridized carbons (Fsp3) is 0.300. The van der Waals surface area contributed by atoms with E-state index in [1.165, 1.54) is 17.0 Å². The van der Waals surface area contributed by atoms with Gasteiger partial charge >= 0.3 is 0 Å². The Labute approximate surface area is 208 Å². The van der Waals surface area contributed by atoms with Crippen molar-refractivity contribution in [1.82, 2.24) is 15.5 Å². The number of non-ortho nitro benzene ring substituents is 1. The zero-order valence-electron chi connectivity index (χ0n) is 17.2. The van der Waals surface area contributed by atoms with Gasteiger partial charge in [0, 0.05) is 48.4 Å². The molecule has 2 aromatic carbocycles. The van der Waals surface area contributed by atoms with E-state index in [1.54, 1.807) is 38.0 Å². The summed E-state index contributed by atoms with van der Waals surface area (Å²) in [7, 11) is 3.38. The molecule has 8 nitrogen and oxygen atoms in total. The number of benzene rings is 2. The molecule has 0 fully saturated rings. The monoisotopic (exact) mass is 577 g/mol. The Balaban J connectivity index is 0.00000480. The Bertz CT molecular complexity index is 879. The van der Waals surface area contributed by atoms with Crippen molar-refractivity contribution < 1.29 is 9.72 Å². The number of hydrogen-bond acceptors (Lipinski definition) is 5. The van der Waals surface area contributed by atoms with E-state index in [1.807, 2.05) is 24.3 Å². The number of carbonyl (C=O) groups excluding carboxylic acids is 1. The van der Waals surface area contributed by atoms with Crippen LogP contribution in [0.4, 0.5) is 5.69 Å². The van der Waals surface area contributed by atoms with Crippen LogP contribution in [0.5, 0.6) is 0 Å². The molecule has 0 radical (unpaired) electrons. The standard InChI is InChI=1S/C20H24ClN5O3S.HI/c1-25(2)19(27)14-24-20(22-11-12-30-18-9-5-16(21)6-10-18)23-13-15-3-7-17(8-4-15)26(28)29;/h3-10H,11-14H2,1-2H3,(H2,22,23,24);1H. The Kier molecular flexibility index (Phi) is 12.3. The number of guanidine groups is 1. The molecule has 2 rings (SSSR count). The zero-order chi connectivity index (χ0) is 21.9. The molecule has 0 saturated heterocycles. The minimum atomic E-state index is -0.438. The van der Waals surface area contributed by atoms with Gasteiger partial charge in [0.05, 0.1) is 18.0 Å². The summed E-state index contributed by atoms with van der Waals surface area (Å²) in [6, 6.07) is 13.9. The van der Waals surface area contributed by atoms with Crippen LogP contribution < -0.4 is 10.6 Å². The molecule has 0 spiro atoms. The van der Waals surface area contributed by atoms with Gasteiger partial charge < -0.3 is 15.5 Å². The van der Waals surface area contributed by atoms with Gasteiger partial charge in [0.1, 0.15) is 0 Å². The number of halogens is 2. The van der Waals surface area contributed by atoms with Gasteiger partial charge in [-0.3, -0.25) is 14.9 Å². The average Bonchev–Trinajstić information content (AvgIpc) is 2.73. The number of likely N-dealkylation sites (N-methyl/N-ethyl adjacent to an activating group) is 1. The quantitative estimate of drug-likeness (QED) is 0.0895. The molecule has 0 bridgehead atoms. The molecular weight excluding hydrogens is 553 g/mol. The molecule has 0 unspecified atom stereocenters. The second-order valence-corrected chi connectivity index (χ2v) is 8.06. The molecule has 168 valence electrons. The molecule has 0 saturated carbocycles. The van der Waals surface area contributed by atoms with Crippen molar-refractivity contribution in [2.24, 2.45) is 4.99 Å². The minimum absolute atomic E-state index is 0. The third kappa shape index (κ3) is 10.2. The molecule has 2 N–H and O–H groups in total. The molecule has 0 aliphatic rings. The first-order valence-corrected chi connectivity index (χ1v) is 10.6. The van der Waals surface area contributed by atoms with Crippen LogP contribution in [0, 0.1) is 10.1 Å². The molecule has 0 atom stereocenters. The fourth-order valence-corrected chi connectivity index (χ4v) is 3.15. The summed E-state index contributed by atoms with van der Waals surface area (Å²) in [6.45, 7) is 1.08. The van der Waals surface area contributed by atoms with Gasteiger partial charge in [-0.15, -0.1) is 35.7 Å². The van der Waals surface area contributed by atoms with Crippen molar-refractivity contribution in [3.8, 4) is 0 Å². The number of thioether (sulfide) groups is 1. The normalized spacial score (nSPS) is 10.7. The summed E-state index contributed by atoms with van der Waals surface area (Å²) in [6.07, 6.45) is 0. The molecular formula is C20H25ClIN5O3S. The second-order valence-electron chi connectivity index (χ2n) is 6.46. The van der Waals surface area contributed by atoms with Crippen LogP contribution in [0.25, 0.3) is 0 Å². The number of nitrogens with zero attached hydrogens (tertiary/aromatic N) is 3. The lowest BCUT2D eigenvalue weighted by molar-refractivity contribution is -0.384. The molecule has 2 aromatic rings. The maximum absolute atomic E-state index is 11.9. The van der Waals surface area contributed by atoms with Crippen molar-refractivity contribution >= 4 is 64.9 Å². The van der Waals surface area contributed by atoms with Crippen molar-refractivity contribution in [2.45, 2.75) is 11.4 Å². The highest BCUT2D eigenvalue weighted by atomic mass is 127. The largest absolute Gasteiger partial charge is 0.356 e. The van der Waals surface area contributed by atoms with Gasteiger partial charge in [-0.1, -0.05) is 23.7 Å². The van der Waals surface area contributed by atoms with Crippen molar-refractivity contribution in [3.05, 3.63) is 69.2 Å². The highest BCUT2D eigenvalue weighted by Crippen LogP contribution is 2.19. The number of amides is 1. The number of hydrogen-bond donors (Lipinski definition) is 2. The lowest BCUT2D eigenvalue weighted by Gasteiger charge is -2.15. The van der Waals surface area contributed by atoms with Crippen LogP contribution >= 0.6 is 47.3 Å². The average molecular weight is 578 g/mol. The maximum Gasteiger partial charge on any atom is 0.269 e. The third-order valence-electron chi connectivity index (χ3n) is 3.95. The van der Waals surface area contributed by atoms with Gasteiger partial charge in [0.2, 0.25) is 5.91 Å². The van der Waals surface area contributed by atoms with Crippen molar-refractivity contribution in [1.29, 1.82) is 0 Å². The summed E-state index contributed by atoms with van der Waals surface area (Å²) < 4.78 is 0. The maximum atomic E-state index is 11.9. The zero-order valence-corrected chi connectivity index (χ0v) is 21.1. The van der Waals surface area contributed by atoms with Gasteiger partial charge in [-0.05, 0) is 29.8 Å². The molecule has 0 aromatic heterocycles.